The summed E-state index contributed by atoms with van der Waals surface area (Å²) in [7, 11) is -4.38. The fraction of sp³-hybridized carbons (Fsp3) is 0.885. The van der Waals surface area contributed by atoms with E-state index in [1.165, 1.54) is 180 Å². The number of carbonyl (C=O) groups excluding carboxylic acids is 2. The number of rotatable bonds is 50. The Morgan fingerprint density at radius 1 is 0.484 bits per heavy atom. The zero-order valence-electron chi connectivity index (χ0n) is 40.6. The number of esters is 2. The summed E-state index contributed by atoms with van der Waals surface area (Å²) in [6.45, 7) is 3.76. The normalized spacial score (nSPS) is 13.3. The van der Waals surface area contributed by atoms with Crippen molar-refractivity contribution in [2.24, 2.45) is 5.73 Å². The van der Waals surface area contributed by atoms with Crippen LogP contribution in [0.5, 0.6) is 0 Å². The van der Waals surface area contributed by atoms with Crippen molar-refractivity contribution in [1.82, 2.24) is 0 Å². The molecule has 0 saturated heterocycles. The highest BCUT2D eigenvalue weighted by Gasteiger charge is 2.26. The maximum Gasteiger partial charge on any atom is 0.472 e. The number of ether oxygens (including phenoxy) is 2. The summed E-state index contributed by atoms with van der Waals surface area (Å²) < 4.78 is 33.0. The van der Waals surface area contributed by atoms with E-state index in [0.717, 1.165) is 51.4 Å². The second-order valence-electron chi connectivity index (χ2n) is 17.8. The van der Waals surface area contributed by atoms with Crippen LogP contribution in [0, 0.1) is 0 Å². The van der Waals surface area contributed by atoms with E-state index in [1.54, 1.807) is 0 Å². The molecular formula is C52H100NO8P. The third-order valence-electron chi connectivity index (χ3n) is 11.6. The van der Waals surface area contributed by atoms with Crippen molar-refractivity contribution in [2.75, 3.05) is 26.4 Å². The van der Waals surface area contributed by atoms with Crippen LogP contribution in [0.2, 0.25) is 0 Å². The minimum absolute atomic E-state index is 0.0546. The molecule has 0 aliphatic heterocycles. The molecule has 0 rings (SSSR count). The lowest BCUT2D eigenvalue weighted by atomic mass is 10.0. The van der Waals surface area contributed by atoms with Gasteiger partial charge in [-0.1, -0.05) is 231 Å². The third kappa shape index (κ3) is 48.0. The van der Waals surface area contributed by atoms with E-state index >= 15 is 0 Å². The quantitative estimate of drug-likeness (QED) is 0.0265. The van der Waals surface area contributed by atoms with Crippen molar-refractivity contribution in [1.29, 1.82) is 0 Å². The van der Waals surface area contributed by atoms with E-state index in [-0.39, 0.29) is 38.6 Å². The smallest absolute Gasteiger partial charge is 0.462 e. The van der Waals surface area contributed by atoms with Gasteiger partial charge in [-0.25, -0.2) is 4.57 Å². The van der Waals surface area contributed by atoms with Crippen molar-refractivity contribution >= 4 is 19.8 Å². The molecule has 0 aromatic heterocycles. The van der Waals surface area contributed by atoms with Crippen molar-refractivity contribution in [3.05, 3.63) is 24.3 Å². The minimum Gasteiger partial charge on any atom is -0.462 e. The second kappa shape index (κ2) is 48.9. The van der Waals surface area contributed by atoms with Gasteiger partial charge in [0.25, 0.3) is 0 Å². The topological polar surface area (TPSA) is 134 Å². The van der Waals surface area contributed by atoms with Crippen LogP contribution in [0.4, 0.5) is 0 Å². The summed E-state index contributed by atoms with van der Waals surface area (Å²) in [4.78, 5) is 35.1. The van der Waals surface area contributed by atoms with Gasteiger partial charge in [0, 0.05) is 19.4 Å². The first kappa shape index (κ1) is 60.5. The molecule has 10 heteroatoms. The van der Waals surface area contributed by atoms with E-state index in [0.29, 0.717) is 6.42 Å². The van der Waals surface area contributed by atoms with E-state index in [4.69, 9.17) is 24.3 Å². The molecule has 0 aliphatic carbocycles. The first-order valence-electron chi connectivity index (χ1n) is 26.3. The predicted molar refractivity (Wildman–Crippen MR) is 261 cm³/mol. The fourth-order valence-corrected chi connectivity index (χ4v) is 8.43. The summed E-state index contributed by atoms with van der Waals surface area (Å²) in [5.74, 6) is -0.819. The maximum atomic E-state index is 12.7. The summed E-state index contributed by atoms with van der Waals surface area (Å²) in [5, 5.41) is 0. The molecule has 9 nitrogen and oxygen atoms in total. The lowest BCUT2D eigenvalue weighted by Gasteiger charge is -2.19. The second-order valence-corrected chi connectivity index (χ2v) is 19.2. The van der Waals surface area contributed by atoms with Gasteiger partial charge in [0.15, 0.2) is 6.10 Å². The van der Waals surface area contributed by atoms with Gasteiger partial charge in [0.1, 0.15) is 6.61 Å². The van der Waals surface area contributed by atoms with Gasteiger partial charge in [-0.2, -0.15) is 0 Å². The number of phosphoric ester groups is 1. The van der Waals surface area contributed by atoms with E-state index in [9.17, 15) is 19.0 Å². The Morgan fingerprint density at radius 3 is 1.26 bits per heavy atom. The number of hydrogen-bond donors (Lipinski definition) is 2. The SMILES string of the molecule is CCCCC/C=C/C/C=C/CCCCCCCCCCCC(=O)O[C@H](COC(=O)CCCCCCCCCCCCCCCCCCCCCCCC)COP(=O)(O)OCCN. The molecular weight excluding hydrogens is 798 g/mol. The highest BCUT2D eigenvalue weighted by atomic mass is 31.2. The number of hydrogen-bond acceptors (Lipinski definition) is 8. The first-order chi connectivity index (χ1) is 30.3. The van der Waals surface area contributed by atoms with E-state index < -0.39 is 26.5 Å². The zero-order valence-corrected chi connectivity index (χ0v) is 41.5. The first-order valence-corrected chi connectivity index (χ1v) is 27.8. The summed E-state index contributed by atoms with van der Waals surface area (Å²) >= 11 is 0. The Hall–Kier alpha value is -1.51. The van der Waals surface area contributed by atoms with Crippen molar-refractivity contribution in [2.45, 2.75) is 270 Å². The molecule has 1 unspecified atom stereocenters. The lowest BCUT2D eigenvalue weighted by Crippen LogP contribution is -2.29. The largest absolute Gasteiger partial charge is 0.472 e. The van der Waals surface area contributed by atoms with Crippen molar-refractivity contribution in [3.8, 4) is 0 Å². The number of allylic oxidation sites excluding steroid dienone is 4. The highest BCUT2D eigenvalue weighted by molar-refractivity contribution is 7.47. The van der Waals surface area contributed by atoms with Gasteiger partial charge in [0.05, 0.1) is 13.2 Å². The molecule has 2 atom stereocenters. The van der Waals surface area contributed by atoms with Crippen LogP contribution in [0.1, 0.15) is 264 Å². The highest BCUT2D eigenvalue weighted by Crippen LogP contribution is 2.43. The van der Waals surface area contributed by atoms with Crippen LogP contribution < -0.4 is 5.73 Å². The van der Waals surface area contributed by atoms with Crippen LogP contribution in [0.15, 0.2) is 24.3 Å². The number of unbranched alkanes of at least 4 members (excludes halogenated alkanes) is 33. The predicted octanol–water partition coefficient (Wildman–Crippen LogP) is 15.9. The summed E-state index contributed by atoms with van der Waals surface area (Å²) in [6, 6.07) is 0. The third-order valence-corrected chi connectivity index (χ3v) is 12.6. The Balaban J connectivity index is 3.99. The van der Waals surface area contributed by atoms with Gasteiger partial charge >= 0.3 is 19.8 Å². The van der Waals surface area contributed by atoms with Crippen molar-refractivity contribution < 1.29 is 37.6 Å². The molecule has 0 spiro atoms. The summed E-state index contributed by atoms with van der Waals surface area (Å²) in [5.41, 5.74) is 5.37. The number of carbonyl (C=O) groups is 2. The van der Waals surface area contributed by atoms with Crippen LogP contribution in [-0.2, 0) is 32.7 Å². The van der Waals surface area contributed by atoms with Crippen LogP contribution in [-0.4, -0.2) is 49.3 Å². The lowest BCUT2D eigenvalue weighted by molar-refractivity contribution is -0.161. The monoisotopic (exact) mass is 898 g/mol. The van der Waals surface area contributed by atoms with Crippen molar-refractivity contribution in [3.63, 3.8) is 0 Å². The average molecular weight is 898 g/mol. The van der Waals surface area contributed by atoms with Gasteiger partial charge in [0.2, 0.25) is 0 Å². The summed E-state index contributed by atoms with van der Waals surface area (Å²) in [6.07, 6.45) is 55.0. The molecule has 3 N–H and O–H groups in total. The molecule has 0 fully saturated rings. The molecule has 62 heavy (non-hydrogen) atoms. The minimum atomic E-state index is -4.38. The molecule has 0 aromatic rings. The molecule has 0 bridgehead atoms. The number of phosphoric acid groups is 1. The zero-order chi connectivity index (χ0) is 45.3. The van der Waals surface area contributed by atoms with E-state index in [2.05, 4.69) is 38.2 Å². The van der Waals surface area contributed by atoms with Gasteiger partial charge in [-0.3, -0.25) is 18.6 Å². The van der Waals surface area contributed by atoms with E-state index in [1.807, 2.05) is 0 Å². The van der Waals surface area contributed by atoms with Gasteiger partial charge in [-0.05, 0) is 44.9 Å². The Kier molecular flexibility index (Phi) is 47.7. The maximum absolute atomic E-state index is 12.7. The molecule has 0 aliphatic rings. The Morgan fingerprint density at radius 2 is 0.839 bits per heavy atom. The molecule has 0 amide bonds. The Bertz CT molecular complexity index is 1070. The average Bonchev–Trinajstić information content (AvgIpc) is 3.26. The molecule has 0 radical (unpaired) electrons. The fourth-order valence-electron chi connectivity index (χ4n) is 7.67. The van der Waals surface area contributed by atoms with Crippen LogP contribution in [0.25, 0.3) is 0 Å². The van der Waals surface area contributed by atoms with Crippen LogP contribution in [0.3, 0.4) is 0 Å². The standard InChI is InChI=1S/C52H100NO8P/c1-3-5-7-9-11-13-15-17-19-21-23-24-25-27-28-30-32-34-36-38-40-42-44-51(54)58-48-50(49-60-62(56,57)59-47-46-53)61-52(55)45-43-41-39-37-35-33-31-29-26-22-20-18-16-14-12-10-8-6-4-2/h12,14,18,20,50H,3-11,13,15-17,19,21-49,53H2,1-2H3,(H,56,57)/b14-12+,20-18+/t50-/m1/s1. The van der Waals surface area contributed by atoms with Crippen LogP contribution >= 0.6 is 7.82 Å². The molecule has 0 heterocycles. The molecule has 366 valence electrons. The number of nitrogens with two attached hydrogens (primary N) is 1. The molecule has 0 aromatic carbocycles. The van der Waals surface area contributed by atoms with Gasteiger partial charge < -0.3 is 20.1 Å². The van der Waals surface area contributed by atoms with Gasteiger partial charge in [-0.15, -0.1) is 0 Å². The Labute approximate surface area is 382 Å². The molecule has 0 saturated carbocycles.